The lowest BCUT2D eigenvalue weighted by atomic mass is 10.2. The first-order chi connectivity index (χ1) is 9.56. The van der Waals surface area contributed by atoms with Crippen LogP contribution in [0.25, 0.3) is 6.08 Å². The van der Waals surface area contributed by atoms with Gasteiger partial charge in [0.25, 0.3) is 0 Å². The minimum Gasteiger partial charge on any atom is -0.337 e. The van der Waals surface area contributed by atoms with Gasteiger partial charge in [0.05, 0.1) is 10.9 Å². The summed E-state index contributed by atoms with van der Waals surface area (Å²) in [4.78, 5) is 14.8. The molecule has 0 bridgehead atoms. The smallest absolute Gasteiger partial charge is 0.246 e. The number of hydrogen-bond acceptors (Lipinski definition) is 2. The zero-order valence-corrected chi connectivity index (χ0v) is 14.0. The average molecular weight is 371 g/mol. The fraction of sp³-hybridized carbons (Fsp3) is 0.133. The van der Waals surface area contributed by atoms with Crippen molar-refractivity contribution in [3.63, 3.8) is 0 Å². The summed E-state index contributed by atoms with van der Waals surface area (Å²) < 4.78 is 1.71. The van der Waals surface area contributed by atoms with Gasteiger partial charge in [-0.1, -0.05) is 45.7 Å². The van der Waals surface area contributed by atoms with Crippen molar-refractivity contribution < 1.29 is 4.79 Å². The molecule has 0 fully saturated rings. The Morgan fingerprint density at radius 2 is 2.10 bits per heavy atom. The van der Waals surface area contributed by atoms with Gasteiger partial charge in [0.1, 0.15) is 0 Å². The van der Waals surface area contributed by atoms with Gasteiger partial charge in [0.2, 0.25) is 5.91 Å². The molecule has 0 aliphatic heterocycles. The Labute approximate surface area is 135 Å². The summed E-state index contributed by atoms with van der Waals surface area (Å²) in [7, 11) is 1.78. The van der Waals surface area contributed by atoms with Crippen LogP contribution in [0.2, 0.25) is 4.34 Å². The Morgan fingerprint density at radius 1 is 1.35 bits per heavy atom. The van der Waals surface area contributed by atoms with Gasteiger partial charge in [0.15, 0.2) is 0 Å². The standard InChI is InChI=1S/C15H13BrClNOS/c1-18(10-12-7-8-14(17)20-12)15(19)9-6-11-4-2-3-5-13(11)16/h2-9H,10H2,1H3/b9-6+. The van der Waals surface area contributed by atoms with Gasteiger partial charge >= 0.3 is 0 Å². The minimum absolute atomic E-state index is 0.0368. The molecule has 1 heterocycles. The first-order valence-corrected chi connectivity index (χ1v) is 7.97. The highest BCUT2D eigenvalue weighted by Gasteiger charge is 2.07. The highest BCUT2D eigenvalue weighted by molar-refractivity contribution is 9.10. The van der Waals surface area contributed by atoms with E-state index < -0.39 is 0 Å². The molecule has 2 rings (SSSR count). The molecule has 104 valence electrons. The van der Waals surface area contributed by atoms with Gasteiger partial charge in [-0.25, -0.2) is 0 Å². The van der Waals surface area contributed by atoms with Crippen LogP contribution in [0.5, 0.6) is 0 Å². The Bertz CT molecular complexity index is 638. The topological polar surface area (TPSA) is 20.3 Å². The average Bonchev–Trinajstić information content (AvgIpc) is 2.82. The predicted molar refractivity (Wildman–Crippen MR) is 89.0 cm³/mol. The second-order valence-electron chi connectivity index (χ2n) is 4.25. The molecule has 0 aliphatic carbocycles. The normalized spacial score (nSPS) is 10.9. The molecule has 20 heavy (non-hydrogen) atoms. The number of thiophene rings is 1. The van der Waals surface area contributed by atoms with E-state index >= 15 is 0 Å². The molecular weight excluding hydrogens is 358 g/mol. The number of amides is 1. The van der Waals surface area contributed by atoms with Crippen molar-refractivity contribution in [1.29, 1.82) is 0 Å². The highest BCUT2D eigenvalue weighted by atomic mass is 79.9. The summed E-state index contributed by atoms with van der Waals surface area (Å²) in [5.74, 6) is -0.0368. The summed E-state index contributed by atoms with van der Waals surface area (Å²) >= 11 is 10.8. The number of likely N-dealkylation sites (N-methyl/N-ethyl adjacent to an activating group) is 1. The van der Waals surface area contributed by atoms with E-state index in [1.165, 1.54) is 11.3 Å². The second kappa shape index (κ2) is 7.07. The minimum atomic E-state index is -0.0368. The number of nitrogens with zero attached hydrogens (tertiary/aromatic N) is 1. The number of carbonyl (C=O) groups is 1. The van der Waals surface area contributed by atoms with Crippen LogP contribution in [0, 0.1) is 0 Å². The molecule has 0 saturated heterocycles. The van der Waals surface area contributed by atoms with Crippen molar-refractivity contribution in [2.24, 2.45) is 0 Å². The van der Waals surface area contributed by atoms with Gasteiger partial charge < -0.3 is 4.90 Å². The van der Waals surface area contributed by atoms with Crippen LogP contribution in [-0.4, -0.2) is 17.9 Å². The van der Waals surface area contributed by atoms with E-state index in [-0.39, 0.29) is 5.91 Å². The molecule has 1 aromatic heterocycles. The summed E-state index contributed by atoms with van der Waals surface area (Å²) in [5.41, 5.74) is 0.980. The molecule has 0 spiro atoms. The third-order valence-electron chi connectivity index (χ3n) is 2.71. The van der Waals surface area contributed by atoms with Crippen LogP contribution in [0.4, 0.5) is 0 Å². The fourth-order valence-corrected chi connectivity index (χ4v) is 3.21. The third-order valence-corrected chi connectivity index (χ3v) is 4.65. The number of benzene rings is 1. The first-order valence-electron chi connectivity index (χ1n) is 5.98. The Hall–Kier alpha value is -1.10. The second-order valence-corrected chi connectivity index (χ2v) is 6.91. The van der Waals surface area contributed by atoms with E-state index in [9.17, 15) is 4.79 Å². The van der Waals surface area contributed by atoms with E-state index in [4.69, 9.17) is 11.6 Å². The van der Waals surface area contributed by atoms with Crippen LogP contribution < -0.4 is 0 Å². The zero-order chi connectivity index (χ0) is 14.5. The quantitative estimate of drug-likeness (QED) is 0.705. The summed E-state index contributed by atoms with van der Waals surface area (Å²) in [5, 5.41) is 0. The lowest BCUT2D eigenvalue weighted by Gasteiger charge is -2.13. The summed E-state index contributed by atoms with van der Waals surface area (Å²) in [6, 6.07) is 11.6. The molecule has 0 atom stereocenters. The van der Waals surface area contributed by atoms with Crippen molar-refractivity contribution in [3.8, 4) is 0 Å². The van der Waals surface area contributed by atoms with Crippen LogP contribution in [0.1, 0.15) is 10.4 Å². The molecule has 0 N–H and O–H groups in total. The van der Waals surface area contributed by atoms with Gasteiger partial charge in [-0.15, -0.1) is 11.3 Å². The van der Waals surface area contributed by atoms with Crippen LogP contribution >= 0.6 is 38.9 Å². The maximum atomic E-state index is 12.0. The van der Waals surface area contributed by atoms with E-state index in [1.54, 1.807) is 18.0 Å². The molecule has 0 unspecified atom stereocenters. The molecular formula is C15H13BrClNOS. The lowest BCUT2D eigenvalue weighted by Crippen LogP contribution is -2.23. The lowest BCUT2D eigenvalue weighted by molar-refractivity contribution is -0.125. The SMILES string of the molecule is CN(Cc1ccc(Cl)s1)C(=O)/C=C/c1ccccc1Br. The number of halogens is 2. The maximum absolute atomic E-state index is 12.0. The third kappa shape index (κ3) is 4.20. The van der Waals surface area contributed by atoms with Crippen molar-refractivity contribution in [1.82, 2.24) is 4.90 Å². The van der Waals surface area contributed by atoms with Gasteiger partial charge in [-0.2, -0.15) is 0 Å². The van der Waals surface area contributed by atoms with Crippen molar-refractivity contribution >= 4 is 50.9 Å². The van der Waals surface area contributed by atoms with Crippen LogP contribution in [-0.2, 0) is 11.3 Å². The van der Waals surface area contributed by atoms with Crippen LogP contribution in [0.15, 0.2) is 46.9 Å². The van der Waals surface area contributed by atoms with E-state index in [1.807, 2.05) is 42.5 Å². The Kier molecular flexibility index (Phi) is 5.40. The molecule has 2 nitrogen and oxygen atoms in total. The Morgan fingerprint density at radius 3 is 2.75 bits per heavy atom. The number of rotatable bonds is 4. The van der Waals surface area contributed by atoms with Crippen molar-refractivity contribution in [3.05, 3.63) is 61.7 Å². The monoisotopic (exact) mass is 369 g/mol. The van der Waals surface area contributed by atoms with Crippen LogP contribution in [0.3, 0.4) is 0 Å². The first kappa shape index (κ1) is 15.3. The molecule has 2 aromatic rings. The van der Waals surface area contributed by atoms with Crippen molar-refractivity contribution in [2.75, 3.05) is 7.05 Å². The predicted octanol–water partition coefficient (Wildman–Crippen LogP) is 4.84. The van der Waals surface area contributed by atoms with Gasteiger partial charge in [-0.3, -0.25) is 4.79 Å². The number of hydrogen-bond donors (Lipinski definition) is 0. The van der Waals surface area contributed by atoms with Gasteiger partial charge in [-0.05, 0) is 29.8 Å². The highest BCUT2D eigenvalue weighted by Crippen LogP contribution is 2.22. The van der Waals surface area contributed by atoms with E-state index in [0.29, 0.717) is 6.54 Å². The van der Waals surface area contributed by atoms with Crippen molar-refractivity contribution in [2.45, 2.75) is 6.54 Å². The molecule has 1 aromatic carbocycles. The van der Waals surface area contributed by atoms with Gasteiger partial charge in [0, 0.05) is 22.5 Å². The molecule has 0 saturated carbocycles. The maximum Gasteiger partial charge on any atom is 0.246 e. The fourth-order valence-electron chi connectivity index (χ4n) is 1.65. The molecule has 0 radical (unpaired) electrons. The zero-order valence-electron chi connectivity index (χ0n) is 10.8. The molecule has 5 heteroatoms. The molecule has 1 amide bonds. The molecule has 0 aliphatic rings. The largest absolute Gasteiger partial charge is 0.337 e. The van der Waals surface area contributed by atoms with E-state index in [0.717, 1.165) is 19.2 Å². The Balaban J connectivity index is 1.99. The van der Waals surface area contributed by atoms with E-state index in [2.05, 4.69) is 15.9 Å². The number of carbonyl (C=O) groups excluding carboxylic acids is 1. The summed E-state index contributed by atoms with van der Waals surface area (Å²) in [6.45, 7) is 0.566. The summed E-state index contributed by atoms with van der Waals surface area (Å²) in [6.07, 6.45) is 3.39.